The number of carbonyl (C=O) groups excluding carboxylic acids is 1. The van der Waals surface area contributed by atoms with E-state index < -0.39 is 5.97 Å². The van der Waals surface area contributed by atoms with Crippen LogP contribution in [0.3, 0.4) is 0 Å². The number of aryl methyl sites for hydroxylation is 2. The van der Waals surface area contributed by atoms with Gasteiger partial charge in [-0.1, -0.05) is 0 Å². The van der Waals surface area contributed by atoms with Crippen LogP contribution in [-0.4, -0.2) is 35.0 Å². The SMILES string of the molecule is O=C(O)CCC1CCCN(C(=O)Cc2coc3cc4c(cc23)CCC4)C1. The van der Waals surface area contributed by atoms with Crippen molar-refractivity contribution in [1.29, 1.82) is 0 Å². The van der Waals surface area contributed by atoms with Crippen LogP contribution < -0.4 is 0 Å². The third-order valence-corrected chi connectivity index (χ3v) is 5.85. The lowest BCUT2D eigenvalue weighted by atomic mass is 9.93. The average molecular weight is 355 g/mol. The van der Waals surface area contributed by atoms with E-state index in [1.54, 1.807) is 6.26 Å². The van der Waals surface area contributed by atoms with Gasteiger partial charge < -0.3 is 14.4 Å². The summed E-state index contributed by atoms with van der Waals surface area (Å²) in [6.07, 6.45) is 8.31. The number of benzene rings is 1. The fourth-order valence-electron chi connectivity index (χ4n) is 4.41. The molecule has 0 bridgehead atoms. The molecule has 0 spiro atoms. The van der Waals surface area contributed by atoms with Crippen LogP contribution in [0.2, 0.25) is 0 Å². The topological polar surface area (TPSA) is 70.8 Å². The van der Waals surface area contributed by atoms with Crippen LogP contribution in [0, 0.1) is 5.92 Å². The number of nitrogens with zero attached hydrogens (tertiary/aromatic N) is 1. The molecule has 5 heteroatoms. The summed E-state index contributed by atoms with van der Waals surface area (Å²) < 4.78 is 5.71. The highest BCUT2D eigenvalue weighted by molar-refractivity contribution is 5.88. The van der Waals surface area contributed by atoms with Gasteiger partial charge in [0, 0.05) is 30.5 Å². The van der Waals surface area contributed by atoms with E-state index in [1.807, 2.05) is 4.90 Å². The first-order valence-electron chi connectivity index (χ1n) is 9.61. The molecule has 138 valence electrons. The highest BCUT2D eigenvalue weighted by atomic mass is 16.4. The van der Waals surface area contributed by atoms with Crippen LogP contribution in [-0.2, 0) is 28.9 Å². The van der Waals surface area contributed by atoms with Gasteiger partial charge in [-0.2, -0.15) is 0 Å². The maximum Gasteiger partial charge on any atom is 0.303 e. The van der Waals surface area contributed by atoms with E-state index in [0.717, 1.165) is 48.8 Å². The Labute approximate surface area is 153 Å². The number of hydrogen-bond donors (Lipinski definition) is 1. The lowest BCUT2D eigenvalue weighted by Gasteiger charge is -2.32. The number of hydrogen-bond acceptors (Lipinski definition) is 3. The highest BCUT2D eigenvalue weighted by Crippen LogP contribution is 2.31. The molecule has 1 saturated heterocycles. The smallest absolute Gasteiger partial charge is 0.303 e. The minimum Gasteiger partial charge on any atom is -0.481 e. The summed E-state index contributed by atoms with van der Waals surface area (Å²) >= 11 is 0. The molecule has 1 aromatic heterocycles. The summed E-state index contributed by atoms with van der Waals surface area (Å²) in [4.78, 5) is 25.5. The summed E-state index contributed by atoms with van der Waals surface area (Å²) in [7, 11) is 0. The normalized spacial score (nSPS) is 19.7. The van der Waals surface area contributed by atoms with E-state index in [-0.39, 0.29) is 12.3 Å². The molecule has 2 heterocycles. The van der Waals surface area contributed by atoms with Gasteiger partial charge in [-0.25, -0.2) is 0 Å². The third kappa shape index (κ3) is 3.48. The molecule has 2 aromatic rings. The maximum atomic E-state index is 12.8. The number of carbonyl (C=O) groups is 2. The van der Waals surface area contributed by atoms with Crippen molar-refractivity contribution < 1.29 is 19.1 Å². The zero-order valence-corrected chi connectivity index (χ0v) is 15.0. The van der Waals surface area contributed by atoms with Crippen molar-refractivity contribution in [1.82, 2.24) is 4.90 Å². The minimum absolute atomic E-state index is 0.119. The second kappa shape index (κ2) is 7.14. The summed E-state index contributed by atoms with van der Waals surface area (Å²) in [6.45, 7) is 1.45. The van der Waals surface area contributed by atoms with Crippen molar-refractivity contribution in [3.05, 3.63) is 35.1 Å². The van der Waals surface area contributed by atoms with Crippen molar-refractivity contribution in [2.75, 3.05) is 13.1 Å². The first kappa shape index (κ1) is 17.1. The van der Waals surface area contributed by atoms with Crippen molar-refractivity contribution in [3.63, 3.8) is 0 Å². The summed E-state index contributed by atoms with van der Waals surface area (Å²) in [5.74, 6) is -0.341. The molecule has 1 aliphatic heterocycles. The van der Waals surface area contributed by atoms with Crippen LogP contribution in [0.15, 0.2) is 22.8 Å². The molecule has 1 aromatic carbocycles. The molecule has 4 rings (SSSR count). The number of carboxylic acids is 1. The first-order chi connectivity index (χ1) is 12.6. The fourth-order valence-corrected chi connectivity index (χ4v) is 4.41. The highest BCUT2D eigenvalue weighted by Gasteiger charge is 2.25. The van der Waals surface area contributed by atoms with E-state index in [1.165, 1.54) is 17.5 Å². The number of amides is 1. The Kier molecular flexibility index (Phi) is 4.70. The van der Waals surface area contributed by atoms with Crippen molar-refractivity contribution in [2.24, 2.45) is 5.92 Å². The van der Waals surface area contributed by atoms with Gasteiger partial charge in [0.2, 0.25) is 5.91 Å². The number of aliphatic carboxylic acids is 1. The predicted octanol–water partition coefficient (Wildman–Crippen LogP) is 3.57. The standard InChI is InChI=1S/C21H25NO4/c23-20(22-8-2-3-14(12-22)6-7-21(24)25)11-17-13-26-19-10-16-5-1-4-15(16)9-18(17)19/h9-10,13-14H,1-8,11-12H2,(H,24,25). The van der Waals surface area contributed by atoms with Crippen LogP contribution in [0.4, 0.5) is 0 Å². The van der Waals surface area contributed by atoms with E-state index in [0.29, 0.717) is 25.3 Å². The van der Waals surface area contributed by atoms with Crippen molar-refractivity contribution >= 4 is 22.8 Å². The zero-order valence-electron chi connectivity index (χ0n) is 15.0. The largest absolute Gasteiger partial charge is 0.481 e. The van der Waals surface area contributed by atoms with Gasteiger partial charge in [0.25, 0.3) is 0 Å². The quantitative estimate of drug-likeness (QED) is 0.890. The van der Waals surface area contributed by atoms with Gasteiger partial charge in [-0.15, -0.1) is 0 Å². The van der Waals surface area contributed by atoms with E-state index in [2.05, 4.69) is 12.1 Å². The summed E-state index contributed by atoms with van der Waals surface area (Å²) in [5.41, 5.74) is 4.61. The molecule has 0 saturated carbocycles. The second-order valence-corrected chi connectivity index (χ2v) is 7.69. The van der Waals surface area contributed by atoms with Gasteiger partial charge >= 0.3 is 5.97 Å². The Bertz CT molecular complexity index is 838. The lowest BCUT2D eigenvalue weighted by Crippen LogP contribution is -2.40. The Morgan fingerprint density at radius 1 is 1.19 bits per heavy atom. The third-order valence-electron chi connectivity index (χ3n) is 5.85. The number of furan rings is 1. The molecule has 1 atom stereocenters. The Hall–Kier alpha value is -2.30. The molecule has 1 amide bonds. The van der Waals surface area contributed by atoms with E-state index >= 15 is 0 Å². The Balaban J connectivity index is 1.44. The number of likely N-dealkylation sites (tertiary alicyclic amines) is 1. The molecule has 1 aliphatic carbocycles. The van der Waals surface area contributed by atoms with Crippen molar-refractivity contribution in [2.45, 2.75) is 51.4 Å². The van der Waals surface area contributed by atoms with Gasteiger partial charge in [0.15, 0.2) is 0 Å². The Morgan fingerprint density at radius 3 is 2.81 bits per heavy atom. The van der Waals surface area contributed by atoms with Gasteiger partial charge in [0.1, 0.15) is 5.58 Å². The molecule has 1 fully saturated rings. The number of fused-ring (bicyclic) bond motifs is 2. The average Bonchev–Trinajstić information content (AvgIpc) is 3.25. The monoisotopic (exact) mass is 355 g/mol. The number of carboxylic acid groups (broad SMARTS) is 1. The molecule has 0 radical (unpaired) electrons. The van der Waals surface area contributed by atoms with Gasteiger partial charge in [-0.05, 0) is 67.7 Å². The van der Waals surface area contributed by atoms with Crippen LogP contribution in [0.1, 0.15) is 48.8 Å². The van der Waals surface area contributed by atoms with Crippen LogP contribution in [0.25, 0.3) is 11.0 Å². The molecular weight excluding hydrogens is 330 g/mol. The molecular formula is C21H25NO4. The van der Waals surface area contributed by atoms with Gasteiger partial charge in [0.05, 0.1) is 12.7 Å². The molecule has 5 nitrogen and oxygen atoms in total. The lowest BCUT2D eigenvalue weighted by molar-refractivity contribution is -0.137. The minimum atomic E-state index is -0.758. The number of rotatable bonds is 5. The summed E-state index contributed by atoms with van der Waals surface area (Å²) in [6, 6.07) is 4.34. The zero-order chi connectivity index (χ0) is 18.1. The predicted molar refractivity (Wildman–Crippen MR) is 98.1 cm³/mol. The summed E-state index contributed by atoms with van der Waals surface area (Å²) in [5, 5.41) is 9.93. The number of piperidine rings is 1. The van der Waals surface area contributed by atoms with E-state index in [4.69, 9.17) is 9.52 Å². The van der Waals surface area contributed by atoms with Crippen LogP contribution >= 0.6 is 0 Å². The van der Waals surface area contributed by atoms with Gasteiger partial charge in [-0.3, -0.25) is 9.59 Å². The van der Waals surface area contributed by atoms with E-state index in [9.17, 15) is 9.59 Å². The second-order valence-electron chi connectivity index (χ2n) is 7.69. The molecule has 1 N–H and O–H groups in total. The Morgan fingerprint density at radius 2 is 2.00 bits per heavy atom. The first-order valence-corrected chi connectivity index (χ1v) is 9.61. The molecule has 1 unspecified atom stereocenters. The van der Waals surface area contributed by atoms with Crippen molar-refractivity contribution in [3.8, 4) is 0 Å². The van der Waals surface area contributed by atoms with Crippen LogP contribution in [0.5, 0.6) is 0 Å². The molecule has 2 aliphatic rings. The fraction of sp³-hybridized carbons (Fsp3) is 0.524. The molecule has 26 heavy (non-hydrogen) atoms. The maximum absolute atomic E-state index is 12.8.